The Morgan fingerprint density at radius 3 is 2.51 bits per heavy atom. The van der Waals surface area contributed by atoms with Crippen molar-refractivity contribution in [2.24, 2.45) is 0 Å². The van der Waals surface area contributed by atoms with E-state index in [1.807, 2.05) is 13.0 Å². The Morgan fingerprint density at radius 2 is 1.81 bits per heavy atom. The molecular weight excluding hydrogens is 530 g/mol. The Morgan fingerprint density at radius 1 is 1.08 bits per heavy atom. The van der Waals surface area contributed by atoms with Crippen molar-refractivity contribution in [3.05, 3.63) is 98.5 Å². The smallest absolute Gasteiger partial charge is 0.416 e. The Kier molecular flexibility index (Phi) is 7.44. The van der Waals surface area contributed by atoms with Crippen LogP contribution in [0, 0.1) is 0 Å². The number of carboxylic acids is 1. The molecule has 0 fully saturated rings. The van der Waals surface area contributed by atoms with E-state index < -0.39 is 35.8 Å². The van der Waals surface area contributed by atoms with Crippen LogP contribution in [0.4, 0.5) is 13.2 Å². The highest BCUT2D eigenvalue weighted by atomic mass is 35.5. The Labute approximate surface area is 221 Å². The molecule has 3 aromatic carbocycles. The number of hydrogen-bond acceptors (Lipinski definition) is 3. The Balaban J connectivity index is 1.55. The summed E-state index contributed by atoms with van der Waals surface area (Å²) in [6.07, 6.45) is -3.64. The van der Waals surface area contributed by atoms with E-state index in [1.54, 1.807) is 24.3 Å². The number of alkyl halides is 3. The molecule has 3 aromatic rings. The van der Waals surface area contributed by atoms with Crippen LogP contribution in [0.2, 0.25) is 10.0 Å². The minimum absolute atomic E-state index is 0.167. The maximum atomic E-state index is 13.3. The first kappa shape index (κ1) is 26.8. The summed E-state index contributed by atoms with van der Waals surface area (Å²) in [6.45, 7) is 0.942. The van der Waals surface area contributed by atoms with E-state index in [2.05, 4.69) is 0 Å². The second kappa shape index (κ2) is 10.3. The van der Waals surface area contributed by atoms with Gasteiger partial charge in [0.2, 0.25) is 0 Å². The molecule has 0 saturated carbocycles. The average molecular weight is 552 g/mol. The lowest BCUT2D eigenvalue weighted by Crippen LogP contribution is -2.35. The van der Waals surface area contributed by atoms with Gasteiger partial charge in [0, 0.05) is 24.9 Å². The number of carbonyl (C=O) groups is 2. The van der Waals surface area contributed by atoms with Gasteiger partial charge < -0.3 is 14.7 Å². The van der Waals surface area contributed by atoms with Crippen molar-refractivity contribution in [1.82, 2.24) is 4.90 Å². The fourth-order valence-corrected chi connectivity index (χ4v) is 4.84. The van der Waals surface area contributed by atoms with Crippen LogP contribution in [-0.4, -0.2) is 34.0 Å². The van der Waals surface area contributed by atoms with Crippen LogP contribution >= 0.6 is 23.2 Å². The van der Waals surface area contributed by atoms with E-state index in [-0.39, 0.29) is 17.7 Å². The van der Waals surface area contributed by atoms with E-state index in [9.17, 15) is 27.9 Å². The summed E-state index contributed by atoms with van der Waals surface area (Å²) in [4.78, 5) is 25.7. The van der Waals surface area contributed by atoms with Crippen molar-refractivity contribution >= 4 is 35.1 Å². The molecule has 0 aliphatic carbocycles. The molecule has 37 heavy (non-hydrogen) atoms. The molecule has 0 bridgehead atoms. The fraction of sp³-hybridized carbons (Fsp3) is 0.259. The highest BCUT2D eigenvalue weighted by molar-refractivity contribution is 6.42. The second-order valence-electron chi connectivity index (χ2n) is 9.19. The van der Waals surface area contributed by atoms with Gasteiger partial charge in [-0.15, -0.1) is 0 Å². The molecule has 0 spiro atoms. The number of nitrogens with zero attached hydrogens (tertiary/aromatic N) is 1. The summed E-state index contributed by atoms with van der Waals surface area (Å²) in [6, 6.07) is 14.6. The number of amides is 1. The molecule has 0 saturated heterocycles. The molecule has 1 atom stereocenters. The molecule has 1 unspecified atom stereocenters. The van der Waals surface area contributed by atoms with Crippen LogP contribution in [0.25, 0.3) is 0 Å². The summed E-state index contributed by atoms with van der Waals surface area (Å²) in [5.74, 6) is -1.32. The summed E-state index contributed by atoms with van der Waals surface area (Å²) in [5.41, 5.74) is 0.411. The van der Waals surface area contributed by atoms with Crippen LogP contribution in [0.5, 0.6) is 5.75 Å². The molecular formula is C27H22Cl2F3NO4. The van der Waals surface area contributed by atoms with Gasteiger partial charge in [0.1, 0.15) is 17.9 Å². The highest BCUT2D eigenvalue weighted by Gasteiger charge is 2.36. The zero-order valence-electron chi connectivity index (χ0n) is 19.6. The largest absolute Gasteiger partial charge is 0.487 e. The van der Waals surface area contributed by atoms with E-state index in [0.717, 1.165) is 28.2 Å². The third-order valence-electron chi connectivity index (χ3n) is 6.07. The molecule has 194 valence electrons. The molecule has 1 aliphatic heterocycles. The van der Waals surface area contributed by atoms with Crippen molar-refractivity contribution in [3.8, 4) is 5.75 Å². The molecule has 1 heterocycles. The molecule has 1 aliphatic rings. The topological polar surface area (TPSA) is 66.8 Å². The molecule has 5 nitrogen and oxygen atoms in total. The van der Waals surface area contributed by atoms with Gasteiger partial charge in [0.15, 0.2) is 0 Å². The number of benzene rings is 3. The highest BCUT2D eigenvalue weighted by Crippen LogP contribution is 2.39. The van der Waals surface area contributed by atoms with Crippen LogP contribution in [-0.2, 0) is 30.4 Å². The van der Waals surface area contributed by atoms with Gasteiger partial charge in [-0.05, 0) is 60.0 Å². The lowest BCUT2D eigenvalue weighted by Gasteiger charge is -2.24. The first-order chi connectivity index (χ1) is 17.3. The van der Waals surface area contributed by atoms with Gasteiger partial charge in [-0.3, -0.25) is 9.59 Å². The first-order valence-corrected chi connectivity index (χ1v) is 12.0. The molecule has 1 N–H and O–H groups in total. The SMILES string of the molecule is CC1(Cc2cccc(Cl)c2Cl)Cc2cc(C(=O)N(CC(=O)O)Cc3cccc(C(F)(F)F)c3)ccc2O1. The molecule has 0 radical (unpaired) electrons. The number of aliphatic carboxylic acids is 1. The third-order valence-corrected chi connectivity index (χ3v) is 6.92. The molecule has 0 aromatic heterocycles. The predicted molar refractivity (Wildman–Crippen MR) is 133 cm³/mol. The molecule has 4 rings (SSSR count). The van der Waals surface area contributed by atoms with Gasteiger partial charge in [-0.25, -0.2) is 0 Å². The number of halogens is 5. The minimum Gasteiger partial charge on any atom is -0.487 e. The van der Waals surface area contributed by atoms with Crippen molar-refractivity contribution in [2.75, 3.05) is 6.54 Å². The van der Waals surface area contributed by atoms with E-state index in [1.165, 1.54) is 18.2 Å². The van der Waals surface area contributed by atoms with Crippen molar-refractivity contribution in [3.63, 3.8) is 0 Å². The van der Waals surface area contributed by atoms with E-state index >= 15 is 0 Å². The summed E-state index contributed by atoms with van der Waals surface area (Å²) < 4.78 is 45.5. The number of rotatable bonds is 7. The normalized spacial score (nSPS) is 16.7. The molecule has 10 heteroatoms. The summed E-state index contributed by atoms with van der Waals surface area (Å²) in [7, 11) is 0. The zero-order valence-corrected chi connectivity index (χ0v) is 21.1. The third kappa shape index (κ3) is 6.19. The van der Waals surface area contributed by atoms with Gasteiger partial charge in [-0.2, -0.15) is 13.2 Å². The summed E-state index contributed by atoms with van der Waals surface area (Å²) in [5, 5.41) is 10.2. The van der Waals surface area contributed by atoms with Crippen LogP contribution in [0.1, 0.15) is 39.5 Å². The van der Waals surface area contributed by atoms with Crippen molar-refractivity contribution in [2.45, 2.75) is 38.1 Å². The zero-order chi connectivity index (χ0) is 27.0. The predicted octanol–water partition coefficient (Wildman–Crippen LogP) is 6.68. The maximum Gasteiger partial charge on any atom is 0.416 e. The van der Waals surface area contributed by atoms with Gasteiger partial charge in [-0.1, -0.05) is 47.5 Å². The second-order valence-corrected chi connectivity index (χ2v) is 9.98. The Hall–Kier alpha value is -3.23. The monoisotopic (exact) mass is 551 g/mol. The Bertz CT molecular complexity index is 1360. The lowest BCUT2D eigenvalue weighted by molar-refractivity contribution is -0.139. The standard InChI is InChI=1S/C27H22Cl2F3NO4/c1-26(12-18-5-3-7-21(28)24(18)29)13-19-11-17(8-9-22(19)37-26)25(36)33(15-23(34)35)14-16-4-2-6-20(10-16)27(30,31)32/h2-11H,12-15H2,1H3,(H,34,35). The van der Waals surface area contributed by atoms with E-state index in [0.29, 0.717) is 28.6 Å². The number of carboxylic acid groups (broad SMARTS) is 1. The maximum absolute atomic E-state index is 13.3. The van der Waals surface area contributed by atoms with Crippen molar-refractivity contribution < 1.29 is 32.6 Å². The molecule has 1 amide bonds. The van der Waals surface area contributed by atoms with Crippen LogP contribution < -0.4 is 4.74 Å². The number of ether oxygens (including phenoxy) is 1. The fourth-order valence-electron chi connectivity index (χ4n) is 4.45. The summed E-state index contributed by atoms with van der Waals surface area (Å²) >= 11 is 12.5. The van der Waals surface area contributed by atoms with Crippen molar-refractivity contribution in [1.29, 1.82) is 0 Å². The van der Waals surface area contributed by atoms with Gasteiger partial charge in [0.25, 0.3) is 5.91 Å². The minimum atomic E-state index is -4.56. The average Bonchev–Trinajstić information content (AvgIpc) is 3.15. The lowest BCUT2D eigenvalue weighted by atomic mass is 9.91. The number of hydrogen-bond donors (Lipinski definition) is 1. The van der Waals surface area contributed by atoms with E-state index in [4.69, 9.17) is 27.9 Å². The number of fused-ring (bicyclic) bond motifs is 1. The van der Waals surface area contributed by atoms with Gasteiger partial charge >= 0.3 is 12.1 Å². The van der Waals surface area contributed by atoms with Crippen LogP contribution in [0.3, 0.4) is 0 Å². The number of carbonyl (C=O) groups excluding carboxylic acids is 1. The first-order valence-electron chi connectivity index (χ1n) is 11.3. The van der Waals surface area contributed by atoms with Gasteiger partial charge in [0.05, 0.1) is 15.6 Å². The quantitative estimate of drug-likeness (QED) is 0.356. The van der Waals surface area contributed by atoms with Crippen LogP contribution in [0.15, 0.2) is 60.7 Å².